The fourth-order valence-corrected chi connectivity index (χ4v) is 9.76. The number of anilines is 4. The van der Waals surface area contributed by atoms with E-state index in [1.165, 1.54) is 139 Å². The zero-order chi connectivity index (χ0) is 29.9. The molecule has 0 atom stereocenters. The Labute approximate surface area is 269 Å². The molecule has 230 valence electrons. The molecule has 46 heavy (non-hydrogen) atoms. The fraction of sp³-hybridized carbons (Fsp3) is 0.400. The van der Waals surface area contributed by atoms with Crippen LogP contribution in [0, 0.1) is 0 Å². The third-order valence-corrected chi connectivity index (χ3v) is 11.9. The van der Waals surface area contributed by atoms with Gasteiger partial charge in [0.1, 0.15) is 23.3 Å². The van der Waals surface area contributed by atoms with Crippen molar-refractivity contribution in [2.45, 2.75) is 51.4 Å². The van der Waals surface area contributed by atoms with Crippen molar-refractivity contribution in [3.05, 3.63) is 48.5 Å². The summed E-state index contributed by atoms with van der Waals surface area (Å²) in [5.74, 6) is 4.79. The molecule has 0 saturated carbocycles. The molecule has 0 bridgehead atoms. The molecule has 0 spiro atoms. The summed E-state index contributed by atoms with van der Waals surface area (Å²) in [4.78, 5) is 21.2. The van der Waals surface area contributed by atoms with Gasteiger partial charge in [-0.1, -0.05) is 24.3 Å². The molecule has 2 aromatic heterocycles. The minimum absolute atomic E-state index is 1.11. The van der Waals surface area contributed by atoms with E-state index in [4.69, 9.17) is 9.97 Å². The van der Waals surface area contributed by atoms with Gasteiger partial charge in [0.05, 0.1) is 0 Å². The van der Waals surface area contributed by atoms with Crippen LogP contribution in [0.25, 0.3) is 64.6 Å². The van der Waals surface area contributed by atoms with Gasteiger partial charge in [-0.15, -0.1) is 0 Å². The highest BCUT2D eigenvalue weighted by Crippen LogP contribution is 2.50. The van der Waals surface area contributed by atoms with E-state index in [1.54, 1.807) is 0 Å². The van der Waals surface area contributed by atoms with E-state index in [0.29, 0.717) is 0 Å². The molecule has 0 amide bonds. The maximum Gasteiger partial charge on any atom is 0.138 e. The minimum atomic E-state index is 1.11. The molecule has 6 heteroatoms. The highest BCUT2D eigenvalue weighted by molar-refractivity contribution is 6.41. The summed E-state index contributed by atoms with van der Waals surface area (Å²) in [5, 5.41) is 16.5. The van der Waals surface area contributed by atoms with Crippen LogP contribution in [0.15, 0.2) is 48.5 Å². The van der Waals surface area contributed by atoms with Gasteiger partial charge in [0, 0.05) is 84.7 Å². The summed E-state index contributed by atoms with van der Waals surface area (Å²) in [6.45, 7) is 8.85. The lowest BCUT2D eigenvalue weighted by atomic mass is 9.85. The maximum atomic E-state index is 5.49. The summed E-state index contributed by atoms with van der Waals surface area (Å²) >= 11 is 0. The van der Waals surface area contributed by atoms with Crippen LogP contribution in [0.3, 0.4) is 0 Å². The second-order valence-electron chi connectivity index (χ2n) is 14.4. The number of hydrogen-bond acceptors (Lipinski definition) is 6. The number of rotatable bonds is 4. The Morgan fingerprint density at radius 3 is 0.717 bits per heavy atom. The first-order valence-electron chi connectivity index (χ1n) is 18.0. The summed E-state index contributed by atoms with van der Waals surface area (Å²) < 4.78 is 0. The number of pyridine rings is 2. The van der Waals surface area contributed by atoms with E-state index in [0.717, 1.165) is 52.4 Å². The van der Waals surface area contributed by atoms with E-state index in [-0.39, 0.29) is 0 Å². The standard InChI is InChI=1S/C40H40N6/c1-2-18-43(17-1)37-29-13-9-25-27-11-15-31-36-32(40(46-23-7-8-24-46)42-39(31)45-21-5-6-22-45)16-12-28(34(27)36)26-10-14-30(35(29)33(25)26)38(41-37)44-19-3-4-20-44/h9-16H,1-8,17-24H2. The van der Waals surface area contributed by atoms with Crippen LogP contribution in [0.1, 0.15) is 51.4 Å². The van der Waals surface area contributed by atoms with E-state index in [9.17, 15) is 0 Å². The molecule has 4 aliphatic rings. The van der Waals surface area contributed by atoms with Crippen molar-refractivity contribution in [2.75, 3.05) is 72.0 Å². The minimum Gasteiger partial charge on any atom is -0.356 e. The van der Waals surface area contributed by atoms with Crippen molar-refractivity contribution in [2.24, 2.45) is 0 Å². The first-order chi connectivity index (χ1) is 22.8. The Morgan fingerprint density at radius 1 is 0.283 bits per heavy atom. The Bertz CT molecular complexity index is 1990. The summed E-state index contributed by atoms with van der Waals surface area (Å²) in [5.41, 5.74) is 0. The first-order valence-corrected chi connectivity index (χ1v) is 18.0. The van der Waals surface area contributed by atoms with Gasteiger partial charge in [0.15, 0.2) is 0 Å². The first kappa shape index (κ1) is 25.8. The van der Waals surface area contributed by atoms with Crippen molar-refractivity contribution < 1.29 is 0 Å². The second kappa shape index (κ2) is 9.60. The average molecular weight is 605 g/mol. The quantitative estimate of drug-likeness (QED) is 0.148. The number of aromatic nitrogens is 2. The van der Waals surface area contributed by atoms with E-state index in [2.05, 4.69) is 68.1 Å². The van der Waals surface area contributed by atoms with Crippen LogP contribution in [0.4, 0.5) is 23.3 Å². The highest BCUT2D eigenvalue weighted by atomic mass is 15.3. The number of fused-ring (bicyclic) bond motifs is 2. The van der Waals surface area contributed by atoms with Gasteiger partial charge in [-0.25, -0.2) is 9.97 Å². The molecule has 4 saturated heterocycles. The van der Waals surface area contributed by atoms with Gasteiger partial charge in [-0.05, 0) is 108 Å². The third kappa shape index (κ3) is 3.42. The zero-order valence-corrected chi connectivity index (χ0v) is 26.6. The molecule has 6 heterocycles. The molecule has 0 unspecified atom stereocenters. The Morgan fingerprint density at radius 2 is 0.478 bits per heavy atom. The largest absolute Gasteiger partial charge is 0.356 e. The van der Waals surface area contributed by atoms with Crippen LogP contribution in [0.2, 0.25) is 0 Å². The molecular weight excluding hydrogens is 564 g/mol. The van der Waals surface area contributed by atoms with Crippen LogP contribution < -0.4 is 19.6 Å². The lowest BCUT2D eigenvalue weighted by molar-refractivity contribution is 0.913. The number of benzene rings is 5. The second-order valence-corrected chi connectivity index (χ2v) is 14.4. The lowest BCUT2D eigenvalue weighted by Gasteiger charge is -2.28. The molecule has 5 aromatic carbocycles. The van der Waals surface area contributed by atoms with Gasteiger partial charge >= 0.3 is 0 Å². The van der Waals surface area contributed by atoms with Crippen LogP contribution in [-0.2, 0) is 0 Å². The van der Waals surface area contributed by atoms with Gasteiger partial charge < -0.3 is 19.6 Å². The van der Waals surface area contributed by atoms with Crippen LogP contribution in [-0.4, -0.2) is 62.3 Å². The van der Waals surface area contributed by atoms with E-state index in [1.807, 2.05) is 0 Å². The van der Waals surface area contributed by atoms with E-state index < -0.39 is 0 Å². The molecule has 6 nitrogen and oxygen atoms in total. The molecular formula is C40H40N6. The van der Waals surface area contributed by atoms with Gasteiger partial charge in [-0.2, -0.15) is 0 Å². The van der Waals surface area contributed by atoms with Crippen molar-refractivity contribution in [1.82, 2.24) is 9.97 Å². The normalized spacial score (nSPS) is 19.5. The Balaban J connectivity index is 1.28. The molecule has 0 N–H and O–H groups in total. The molecule has 0 radical (unpaired) electrons. The Hall–Kier alpha value is -4.32. The lowest BCUT2D eigenvalue weighted by Crippen LogP contribution is -2.24. The fourth-order valence-electron chi connectivity index (χ4n) is 9.76. The van der Waals surface area contributed by atoms with Gasteiger partial charge in [0.25, 0.3) is 0 Å². The molecule has 4 fully saturated rings. The maximum absolute atomic E-state index is 5.49. The number of hydrogen-bond donors (Lipinski definition) is 0. The smallest absolute Gasteiger partial charge is 0.138 e. The van der Waals surface area contributed by atoms with Crippen molar-refractivity contribution in [1.29, 1.82) is 0 Å². The highest BCUT2D eigenvalue weighted by Gasteiger charge is 2.29. The third-order valence-electron chi connectivity index (χ3n) is 11.9. The molecule has 0 aliphatic carbocycles. The summed E-state index contributed by atoms with van der Waals surface area (Å²) in [6, 6.07) is 19.3. The van der Waals surface area contributed by atoms with Gasteiger partial charge in [0.2, 0.25) is 0 Å². The monoisotopic (exact) mass is 604 g/mol. The van der Waals surface area contributed by atoms with E-state index >= 15 is 0 Å². The predicted octanol–water partition coefficient (Wildman–Crippen LogP) is 8.67. The molecule has 4 aliphatic heterocycles. The van der Waals surface area contributed by atoms with Crippen molar-refractivity contribution >= 4 is 87.9 Å². The molecule has 7 aromatic rings. The summed E-state index contributed by atoms with van der Waals surface area (Å²) in [7, 11) is 0. The topological polar surface area (TPSA) is 38.7 Å². The van der Waals surface area contributed by atoms with Gasteiger partial charge in [-0.3, -0.25) is 0 Å². The summed E-state index contributed by atoms with van der Waals surface area (Å²) in [6.07, 6.45) is 10.0. The van der Waals surface area contributed by atoms with Crippen LogP contribution in [0.5, 0.6) is 0 Å². The SMILES string of the molecule is c1cc2c3ccc4c(N5CCCC5)nc(N5CCCC5)c5ccc(c6ccc7c(N8CCCC8)nc(N8CCCC8)c1c7c26)c3c45. The molecule has 11 rings (SSSR count). The zero-order valence-electron chi connectivity index (χ0n) is 26.6. The Kier molecular flexibility index (Phi) is 5.39. The van der Waals surface area contributed by atoms with Crippen LogP contribution >= 0.6 is 0 Å². The average Bonchev–Trinajstić information content (AvgIpc) is 3.94. The van der Waals surface area contributed by atoms with Crippen molar-refractivity contribution in [3.8, 4) is 0 Å². The number of nitrogens with zero attached hydrogens (tertiary/aromatic N) is 6. The predicted molar refractivity (Wildman–Crippen MR) is 195 cm³/mol. The van der Waals surface area contributed by atoms with Crippen molar-refractivity contribution in [3.63, 3.8) is 0 Å².